The Kier molecular flexibility index (Phi) is 8.15. The maximum atomic E-state index is 13.3. The fourth-order valence-corrected chi connectivity index (χ4v) is 4.06. The van der Waals surface area contributed by atoms with Gasteiger partial charge in [-0.2, -0.15) is 0 Å². The maximum Gasteiger partial charge on any atom is 0.309 e. The van der Waals surface area contributed by atoms with Gasteiger partial charge in [0.25, 0.3) is 0 Å². The first kappa shape index (κ1) is 25.5. The van der Waals surface area contributed by atoms with Crippen molar-refractivity contribution in [3.05, 3.63) is 59.9 Å². The number of amides is 2. The molecule has 1 aliphatic heterocycles. The minimum Gasteiger partial charge on any atom is -0.378 e. The van der Waals surface area contributed by atoms with E-state index < -0.39 is 17.4 Å². The van der Waals surface area contributed by atoms with Gasteiger partial charge in [-0.25, -0.2) is 4.39 Å². The van der Waals surface area contributed by atoms with E-state index in [1.807, 2.05) is 39.8 Å². The summed E-state index contributed by atoms with van der Waals surface area (Å²) < 4.78 is 13.3. The van der Waals surface area contributed by atoms with Crippen LogP contribution in [0.2, 0.25) is 0 Å². The summed E-state index contributed by atoms with van der Waals surface area (Å²) in [5.41, 5.74) is 2.70. The third-order valence-corrected chi connectivity index (χ3v) is 5.89. The normalized spacial score (nSPS) is 15.5. The Balaban J connectivity index is 1.71. The predicted octanol–water partition coefficient (Wildman–Crippen LogP) is 2.79. The number of benzene rings is 2. The van der Waals surface area contributed by atoms with E-state index in [-0.39, 0.29) is 11.9 Å². The molecule has 7 nitrogen and oxygen atoms in total. The highest BCUT2D eigenvalue weighted by atomic mass is 19.1. The lowest BCUT2D eigenvalue weighted by atomic mass is 10.0. The lowest BCUT2D eigenvalue weighted by Gasteiger charge is -2.40. The number of carbonyl (C=O) groups is 2. The minimum absolute atomic E-state index is 0.0713. The molecule has 3 rings (SSSR count). The van der Waals surface area contributed by atoms with E-state index in [0.717, 1.165) is 43.1 Å². The lowest BCUT2D eigenvalue weighted by molar-refractivity contribution is -0.140. The number of piperazine rings is 1. The van der Waals surface area contributed by atoms with Gasteiger partial charge >= 0.3 is 11.8 Å². The quantitative estimate of drug-likeness (QED) is 0.637. The number of carbonyl (C=O) groups excluding carboxylic acids is 2. The highest BCUT2D eigenvalue weighted by Crippen LogP contribution is 2.26. The van der Waals surface area contributed by atoms with Gasteiger partial charge in [0.2, 0.25) is 0 Å². The SMILES string of the molecule is CN(C)c1ccc(C(CNC(=O)C(=O)NC(C)(C)C)N2CCN(c3ccc(F)cc3)CC2)cc1. The maximum absolute atomic E-state index is 13.3. The van der Waals surface area contributed by atoms with Crippen LogP contribution < -0.4 is 20.4 Å². The van der Waals surface area contributed by atoms with Gasteiger partial charge in [0.1, 0.15) is 5.82 Å². The molecule has 1 fully saturated rings. The second-order valence-corrected chi connectivity index (χ2v) is 9.92. The fraction of sp³-hybridized carbons (Fsp3) is 0.462. The Morgan fingerprint density at radius 3 is 2.06 bits per heavy atom. The first-order chi connectivity index (χ1) is 16.0. The molecule has 1 aliphatic rings. The molecule has 34 heavy (non-hydrogen) atoms. The lowest BCUT2D eigenvalue weighted by Crippen LogP contribution is -2.52. The molecular formula is C26H36FN5O2. The molecule has 0 aromatic heterocycles. The summed E-state index contributed by atoms with van der Waals surface area (Å²) in [4.78, 5) is 31.3. The number of anilines is 2. The Hall–Kier alpha value is -3.13. The average molecular weight is 470 g/mol. The van der Waals surface area contributed by atoms with E-state index in [9.17, 15) is 14.0 Å². The number of nitrogens with zero attached hydrogens (tertiary/aromatic N) is 3. The molecule has 0 bridgehead atoms. The average Bonchev–Trinajstić information content (AvgIpc) is 2.79. The summed E-state index contributed by atoms with van der Waals surface area (Å²) in [6.07, 6.45) is 0. The molecule has 0 aliphatic carbocycles. The summed E-state index contributed by atoms with van der Waals surface area (Å²) in [7, 11) is 3.99. The third-order valence-electron chi connectivity index (χ3n) is 5.89. The zero-order valence-electron chi connectivity index (χ0n) is 20.8. The second kappa shape index (κ2) is 10.9. The molecule has 1 heterocycles. The van der Waals surface area contributed by atoms with Crippen LogP contribution in [0.3, 0.4) is 0 Å². The third kappa shape index (κ3) is 6.93. The first-order valence-electron chi connectivity index (χ1n) is 11.7. The molecule has 1 saturated heterocycles. The molecule has 0 saturated carbocycles. The van der Waals surface area contributed by atoms with E-state index in [1.165, 1.54) is 12.1 Å². The standard InChI is InChI=1S/C26H36FN5O2/c1-26(2,3)29-25(34)24(33)28-18-23(19-6-10-21(11-7-19)30(4)5)32-16-14-31(15-17-32)22-12-8-20(27)9-13-22/h6-13,23H,14-18H2,1-5H3,(H,28,33)(H,29,34). The molecule has 1 atom stereocenters. The largest absolute Gasteiger partial charge is 0.378 e. The van der Waals surface area contributed by atoms with Crippen LogP contribution in [0.25, 0.3) is 0 Å². The van der Waals surface area contributed by atoms with Crippen molar-refractivity contribution in [3.8, 4) is 0 Å². The minimum atomic E-state index is -0.630. The molecule has 0 radical (unpaired) electrons. The van der Waals surface area contributed by atoms with E-state index in [2.05, 4.69) is 44.7 Å². The molecule has 2 aromatic rings. The Bertz CT molecular complexity index is 962. The van der Waals surface area contributed by atoms with E-state index >= 15 is 0 Å². The van der Waals surface area contributed by atoms with Gasteiger partial charge in [0.05, 0.1) is 6.04 Å². The van der Waals surface area contributed by atoms with E-state index in [0.29, 0.717) is 6.54 Å². The van der Waals surface area contributed by atoms with Crippen molar-refractivity contribution >= 4 is 23.2 Å². The zero-order valence-corrected chi connectivity index (χ0v) is 20.8. The van der Waals surface area contributed by atoms with Gasteiger partial charge in [-0.05, 0) is 62.7 Å². The van der Waals surface area contributed by atoms with Crippen LogP contribution in [0.4, 0.5) is 15.8 Å². The van der Waals surface area contributed by atoms with Gasteiger partial charge in [-0.15, -0.1) is 0 Å². The summed E-state index contributed by atoms with van der Waals surface area (Å²) >= 11 is 0. The van der Waals surface area contributed by atoms with Gasteiger partial charge in [-0.1, -0.05) is 12.1 Å². The molecule has 184 valence electrons. The molecule has 2 N–H and O–H groups in total. The van der Waals surface area contributed by atoms with Crippen molar-refractivity contribution < 1.29 is 14.0 Å². The number of halogens is 1. The smallest absolute Gasteiger partial charge is 0.309 e. The summed E-state index contributed by atoms with van der Waals surface area (Å²) in [5.74, 6) is -1.50. The first-order valence-corrected chi connectivity index (χ1v) is 11.7. The van der Waals surface area contributed by atoms with Gasteiger partial charge in [0.15, 0.2) is 0 Å². The molecular weight excluding hydrogens is 433 g/mol. The van der Waals surface area contributed by atoms with E-state index in [4.69, 9.17) is 0 Å². The number of rotatable bonds is 6. The van der Waals surface area contributed by atoms with Crippen molar-refractivity contribution in [2.24, 2.45) is 0 Å². The van der Waals surface area contributed by atoms with Crippen molar-refractivity contribution in [1.82, 2.24) is 15.5 Å². The monoisotopic (exact) mass is 469 g/mol. The molecule has 2 amide bonds. The van der Waals surface area contributed by atoms with Crippen LogP contribution in [0.5, 0.6) is 0 Å². The summed E-state index contributed by atoms with van der Waals surface area (Å²) in [6, 6.07) is 14.8. The predicted molar refractivity (Wildman–Crippen MR) is 135 cm³/mol. The van der Waals surface area contributed by atoms with Crippen LogP contribution in [0, 0.1) is 5.82 Å². The summed E-state index contributed by atoms with van der Waals surface area (Å²) in [6.45, 7) is 8.99. The van der Waals surface area contributed by atoms with E-state index in [1.54, 1.807) is 12.1 Å². The van der Waals surface area contributed by atoms with Crippen LogP contribution in [0.15, 0.2) is 48.5 Å². The number of hydrogen-bond acceptors (Lipinski definition) is 5. The number of nitrogens with one attached hydrogen (secondary N) is 2. The number of hydrogen-bond donors (Lipinski definition) is 2. The Morgan fingerprint density at radius 2 is 1.53 bits per heavy atom. The van der Waals surface area contributed by atoms with Crippen molar-refractivity contribution in [2.75, 3.05) is 56.6 Å². The molecule has 8 heteroatoms. The molecule has 2 aromatic carbocycles. The second-order valence-electron chi connectivity index (χ2n) is 9.92. The Morgan fingerprint density at radius 1 is 0.941 bits per heavy atom. The summed E-state index contributed by atoms with van der Waals surface area (Å²) in [5, 5.41) is 5.54. The fourth-order valence-electron chi connectivity index (χ4n) is 4.06. The van der Waals surface area contributed by atoms with Gasteiger partial charge in [-0.3, -0.25) is 14.5 Å². The molecule has 0 spiro atoms. The highest BCUT2D eigenvalue weighted by Gasteiger charge is 2.27. The van der Waals surface area contributed by atoms with Crippen molar-refractivity contribution in [3.63, 3.8) is 0 Å². The van der Waals surface area contributed by atoms with Gasteiger partial charge < -0.3 is 20.4 Å². The van der Waals surface area contributed by atoms with Crippen LogP contribution in [-0.2, 0) is 9.59 Å². The Labute approximate surface area is 201 Å². The van der Waals surface area contributed by atoms with Crippen LogP contribution in [0.1, 0.15) is 32.4 Å². The zero-order chi connectivity index (χ0) is 24.9. The van der Waals surface area contributed by atoms with Crippen LogP contribution >= 0.6 is 0 Å². The highest BCUT2D eigenvalue weighted by molar-refractivity contribution is 6.35. The van der Waals surface area contributed by atoms with Crippen molar-refractivity contribution in [1.29, 1.82) is 0 Å². The molecule has 1 unspecified atom stereocenters. The van der Waals surface area contributed by atoms with Gasteiger partial charge in [0, 0.05) is 63.7 Å². The topological polar surface area (TPSA) is 67.9 Å². The van der Waals surface area contributed by atoms with Crippen molar-refractivity contribution in [2.45, 2.75) is 32.4 Å². The van der Waals surface area contributed by atoms with Crippen LogP contribution in [-0.4, -0.2) is 69.1 Å².